The summed E-state index contributed by atoms with van der Waals surface area (Å²) >= 11 is 0. The Hall–Kier alpha value is -1.55. The van der Waals surface area contributed by atoms with Gasteiger partial charge in [0.05, 0.1) is 5.39 Å². The SMILES string of the molecule is NCCOc1noc2ccccc12. The third-order valence-corrected chi connectivity index (χ3v) is 1.70. The fraction of sp³-hybridized carbons (Fsp3) is 0.222. The Morgan fingerprint density at radius 3 is 3.08 bits per heavy atom. The maximum absolute atomic E-state index is 5.31. The molecule has 0 amide bonds. The highest BCUT2D eigenvalue weighted by Crippen LogP contribution is 2.23. The van der Waals surface area contributed by atoms with Crippen LogP contribution in [0, 0.1) is 0 Å². The van der Waals surface area contributed by atoms with Gasteiger partial charge in [-0.05, 0) is 17.3 Å². The summed E-state index contributed by atoms with van der Waals surface area (Å²) in [4.78, 5) is 0. The first-order valence-electron chi connectivity index (χ1n) is 4.09. The maximum Gasteiger partial charge on any atom is 0.262 e. The minimum atomic E-state index is 0.455. The van der Waals surface area contributed by atoms with Crippen LogP contribution in [0.25, 0.3) is 11.0 Å². The topological polar surface area (TPSA) is 61.3 Å². The summed E-state index contributed by atoms with van der Waals surface area (Å²) in [5, 5.41) is 4.67. The molecule has 0 saturated heterocycles. The van der Waals surface area contributed by atoms with E-state index in [1.807, 2.05) is 24.3 Å². The summed E-state index contributed by atoms with van der Waals surface area (Å²) in [5.41, 5.74) is 6.04. The predicted octanol–water partition coefficient (Wildman–Crippen LogP) is 1.17. The Morgan fingerprint density at radius 2 is 2.23 bits per heavy atom. The predicted molar refractivity (Wildman–Crippen MR) is 48.6 cm³/mol. The van der Waals surface area contributed by atoms with Crippen molar-refractivity contribution in [3.63, 3.8) is 0 Å². The second kappa shape index (κ2) is 3.45. The van der Waals surface area contributed by atoms with E-state index in [1.54, 1.807) is 0 Å². The van der Waals surface area contributed by atoms with Crippen LogP contribution in [0.3, 0.4) is 0 Å². The highest BCUT2D eigenvalue weighted by atomic mass is 16.5. The normalized spacial score (nSPS) is 10.5. The number of hydrogen-bond donors (Lipinski definition) is 1. The molecule has 68 valence electrons. The first-order valence-corrected chi connectivity index (χ1v) is 4.09. The van der Waals surface area contributed by atoms with Crippen LogP contribution in [-0.4, -0.2) is 18.3 Å². The van der Waals surface area contributed by atoms with Gasteiger partial charge in [-0.1, -0.05) is 12.1 Å². The highest BCUT2D eigenvalue weighted by molar-refractivity contribution is 5.81. The van der Waals surface area contributed by atoms with Crippen LogP contribution >= 0.6 is 0 Å². The van der Waals surface area contributed by atoms with Crippen LogP contribution in [0.4, 0.5) is 0 Å². The van der Waals surface area contributed by atoms with Gasteiger partial charge >= 0.3 is 0 Å². The number of fused-ring (bicyclic) bond motifs is 1. The van der Waals surface area contributed by atoms with Gasteiger partial charge in [0, 0.05) is 6.54 Å². The zero-order chi connectivity index (χ0) is 9.10. The quantitative estimate of drug-likeness (QED) is 0.766. The summed E-state index contributed by atoms with van der Waals surface area (Å²) < 4.78 is 10.3. The van der Waals surface area contributed by atoms with Gasteiger partial charge in [0.1, 0.15) is 6.61 Å². The van der Waals surface area contributed by atoms with Gasteiger partial charge in [-0.15, -0.1) is 0 Å². The third kappa shape index (κ3) is 1.48. The summed E-state index contributed by atoms with van der Waals surface area (Å²) in [6, 6.07) is 7.55. The number of benzene rings is 1. The molecule has 4 heteroatoms. The van der Waals surface area contributed by atoms with E-state index in [1.165, 1.54) is 0 Å². The smallest absolute Gasteiger partial charge is 0.262 e. The van der Waals surface area contributed by atoms with Crippen LogP contribution < -0.4 is 10.5 Å². The van der Waals surface area contributed by atoms with Crippen molar-refractivity contribution in [2.24, 2.45) is 5.73 Å². The molecule has 0 atom stereocenters. The summed E-state index contributed by atoms with van der Waals surface area (Å²) in [5.74, 6) is 0.515. The van der Waals surface area contributed by atoms with E-state index in [4.69, 9.17) is 15.0 Å². The van der Waals surface area contributed by atoms with Gasteiger partial charge in [0.25, 0.3) is 5.88 Å². The lowest BCUT2D eigenvalue weighted by molar-refractivity contribution is 0.293. The van der Waals surface area contributed by atoms with E-state index in [-0.39, 0.29) is 0 Å². The lowest BCUT2D eigenvalue weighted by Gasteiger charge is -1.97. The zero-order valence-electron chi connectivity index (χ0n) is 7.06. The standard InChI is InChI=1S/C9H10N2O2/c10-5-6-12-9-7-3-1-2-4-8(7)13-11-9/h1-4H,5-6,10H2. The lowest BCUT2D eigenvalue weighted by Crippen LogP contribution is -2.10. The molecular weight excluding hydrogens is 168 g/mol. The van der Waals surface area contributed by atoms with Crippen molar-refractivity contribution in [1.29, 1.82) is 0 Å². The minimum Gasteiger partial charge on any atom is -0.474 e. The van der Waals surface area contributed by atoms with Gasteiger partial charge in [-0.3, -0.25) is 0 Å². The molecule has 0 saturated carbocycles. The molecule has 0 spiro atoms. The zero-order valence-corrected chi connectivity index (χ0v) is 7.06. The Bertz CT molecular complexity index is 397. The largest absolute Gasteiger partial charge is 0.474 e. The molecule has 0 fully saturated rings. The van der Waals surface area contributed by atoms with E-state index in [0.717, 1.165) is 11.0 Å². The van der Waals surface area contributed by atoms with Crippen LogP contribution in [0.2, 0.25) is 0 Å². The molecule has 2 rings (SSSR count). The van der Waals surface area contributed by atoms with Crippen molar-refractivity contribution in [3.05, 3.63) is 24.3 Å². The molecule has 0 aliphatic rings. The molecule has 0 bridgehead atoms. The molecule has 2 aromatic rings. The molecule has 2 N–H and O–H groups in total. The Morgan fingerprint density at radius 1 is 1.38 bits per heavy atom. The number of hydrogen-bond acceptors (Lipinski definition) is 4. The van der Waals surface area contributed by atoms with E-state index < -0.39 is 0 Å². The lowest BCUT2D eigenvalue weighted by atomic mass is 10.3. The number of rotatable bonds is 3. The second-order valence-electron chi connectivity index (χ2n) is 2.62. The molecular formula is C9H10N2O2. The molecule has 1 aromatic heterocycles. The summed E-state index contributed by atoms with van der Waals surface area (Å²) in [6.07, 6.45) is 0. The molecule has 1 heterocycles. The molecule has 4 nitrogen and oxygen atoms in total. The second-order valence-corrected chi connectivity index (χ2v) is 2.62. The molecule has 1 aromatic carbocycles. The average Bonchev–Trinajstić information content (AvgIpc) is 2.58. The highest BCUT2D eigenvalue weighted by Gasteiger charge is 2.06. The number of aromatic nitrogens is 1. The maximum atomic E-state index is 5.31. The fourth-order valence-corrected chi connectivity index (χ4v) is 1.12. The van der Waals surface area contributed by atoms with E-state index in [2.05, 4.69) is 5.16 Å². The van der Waals surface area contributed by atoms with Gasteiger partial charge in [-0.25, -0.2) is 0 Å². The van der Waals surface area contributed by atoms with Crippen molar-refractivity contribution < 1.29 is 9.26 Å². The van der Waals surface area contributed by atoms with Gasteiger partial charge < -0.3 is 15.0 Å². The Kier molecular flexibility index (Phi) is 2.14. The fourth-order valence-electron chi connectivity index (χ4n) is 1.12. The van der Waals surface area contributed by atoms with Crippen LogP contribution in [0.1, 0.15) is 0 Å². The van der Waals surface area contributed by atoms with E-state index in [0.29, 0.717) is 19.0 Å². The van der Waals surface area contributed by atoms with Crippen LogP contribution in [0.15, 0.2) is 28.8 Å². The number of nitrogens with zero attached hydrogens (tertiary/aromatic N) is 1. The van der Waals surface area contributed by atoms with Crippen molar-refractivity contribution in [1.82, 2.24) is 5.16 Å². The van der Waals surface area contributed by atoms with Gasteiger partial charge in [-0.2, -0.15) is 0 Å². The number of nitrogens with two attached hydrogens (primary N) is 1. The average molecular weight is 178 g/mol. The summed E-state index contributed by atoms with van der Waals surface area (Å²) in [7, 11) is 0. The first kappa shape index (κ1) is 8.07. The number of para-hydroxylation sites is 1. The molecule has 0 unspecified atom stereocenters. The van der Waals surface area contributed by atoms with Crippen LogP contribution in [0.5, 0.6) is 5.88 Å². The minimum absolute atomic E-state index is 0.455. The third-order valence-electron chi connectivity index (χ3n) is 1.70. The first-order chi connectivity index (χ1) is 6.42. The monoisotopic (exact) mass is 178 g/mol. The van der Waals surface area contributed by atoms with Crippen molar-refractivity contribution in [2.75, 3.05) is 13.2 Å². The Labute approximate surface area is 75.3 Å². The number of ether oxygens (including phenoxy) is 1. The summed E-state index contributed by atoms with van der Waals surface area (Å²) in [6.45, 7) is 0.928. The Balaban J connectivity index is 2.35. The van der Waals surface area contributed by atoms with E-state index in [9.17, 15) is 0 Å². The van der Waals surface area contributed by atoms with Crippen LogP contribution in [-0.2, 0) is 0 Å². The van der Waals surface area contributed by atoms with Crippen molar-refractivity contribution in [3.8, 4) is 5.88 Å². The molecule has 0 aliphatic heterocycles. The molecule has 13 heavy (non-hydrogen) atoms. The molecule has 0 radical (unpaired) electrons. The molecule has 0 aliphatic carbocycles. The van der Waals surface area contributed by atoms with Crippen molar-refractivity contribution in [2.45, 2.75) is 0 Å². The van der Waals surface area contributed by atoms with Gasteiger partial charge in [0.2, 0.25) is 0 Å². The van der Waals surface area contributed by atoms with Gasteiger partial charge in [0.15, 0.2) is 5.58 Å². The van der Waals surface area contributed by atoms with E-state index >= 15 is 0 Å². The van der Waals surface area contributed by atoms with Crippen molar-refractivity contribution >= 4 is 11.0 Å².